The van der Waals surface area contributed by atoms with E-state index in [-0.39, 0.29) is 6.61 Å². The van der Waals surface area contributed by atoms with Gasteiger partial charge < -0.3 is 4.55 Å². The zero-order valence-corrected chi connectivity index (χ0v) is 8.73. The smallest absolute Gasteiger partial charge is 0.124 e. The Labute approximate surface area is 85.5 Å². The summed E-state index contributed by atoms with van der Waals surface area (Å²) in [6, 6.07) is 4.06. The summed E-state index contributed by atoms with van der Waals surface area (Å²) in [7, 11) is 0. The Kier molecular flexibility index (Phi) is 3.98. The topological polar surface area (TPSA) is 49.4 Å². The molecule has 0 fully saturated rings. The van der Waals surface area contributed by atoms with Crippen molar-refractivity contribution < 1.29 is 17.3 Å². The van der Waals surface area contributed by atoms with E-state index in [1.165, 1.54) is 12.1 Å². The van der Waals surface area contributed by atoms with Gasteiger partial charge in [-0.1, -0.05) is 15.9 Å². The minimum Gasteiger partial charge on any atom is -0.750 e. The highest BCUT2D eigenvalue weighted by molar-refractivity contribution is 9.10. The van der Waals surface area contributed by atoms with Gasteiger partial charge in [-0.25, -0.2) is 8.60 Å². The van der Waals surface area contributed by atoms with Crippen LogP contribution in [0.2, 0.25) is 0 Å². The molecular formula is C7H5BrFO3S-. The average Bonchev–Trinajstić information content (AvgIpc) is 1.99. The van der Waals surface area contributed by atoms with Crippen molar-refractivity contribution in [2.24, 2.45) is 0 Å². The molecule has 13 heavy (non-hydrogen) atoms. The van der Waals surface area contributed by atoms with Crippen LogP contribution in [0.3, 0.4) is 0 Å². The Morgan fingerprint density at radius 3 is 2.77 bits per heavy atom. The van der Waals surface area contributed by atoms with Crippen LogP contribution in [0, 0.1) is 5.82 Å². The van der Waals surface area contributed by atoms with Gasteiger partial charge in [0.05, 0.1) is 18.0 Å². The van der Waals surface area contributed by atoms with E-state index in [9.17, 15) is 13.2 Å². The maximum absolute atomic E-state index is 12.7. The van der Waals surface area contributed by atoms with Crippen molar-refractivity contribution in [2.75, 3.05) is 0 Å². The maximum atomic E-state index is 12.7. The van der Waals surface area contributed by atoms with Gasteiger partial charge in [0, 0.05) is 4.47 Å². The van der Waals surface area contributed by atoms with Gasteiger partial charge in [0.15, 0.2) is 0 Å². The Morgan fingerprint density at radius 2 is 2.23 bits per heavy atom. The fourth-order valence-corrected chi connectivity index (χ4v) is 1.56. The molecule has 0 N–H and O–H groups in total. The number of hydrogen-bond acceptors (Lipinski definition) is 3. The van der Waals surface area contributed by atoms with E-state index in [2.05, 4.69) is 20.1 Å². The predicted octanol–water partition coefficient (Wildman–Crippen LogP) is 1.90. The molecule has 0 saturated carbocycles. The van der Waals surface area contributed by atoms with Crippen molar-refractivity contribution in [3.05, 3.63) is 34.1 Å². The molecule has 1 atom stereocenters. The summed E-state index contributed by atoms with van der Waals surface area (Å²) in [4.78, 5) is 0. The van der Waals surface area contributed by atoms with Gasteiger partial charge >= 0.3 is 0 Å². The summed E-state index contributed by atoms with van der Waals surface area (Å²) in [5, 5.41) is 0. The lowest BCUT2D eigenvalue weighted by atomic mass is 10.2. The molecule has 72 valence electrons. The number of benzene rings is 1. The molecule has 0 aromatic heterocycles. The molecule has 0 saturated heterocycles. The third kappa shape index (κ3) is 3.95. The van der Waals surface area contributed by atoms with Crippen LogP contribution in [0.5, 0.6) is 0 Å². The number of halogens is 2. The summed E-state index contributed by atoms with van der Waals surface area (Å²) < 4.78 is 37.6. The minimum atomic E-state index is -2.57. The van der Waals surface area contributed by atoms with Crippen molar-refractivity contribution in [1.82, 2.24) is 0 Å². The quantitative estimate of drug-likeness (QED) is 0.786. The van der Waals surface area contributed by atoms with Gasteiger partial charge in [-0.3, -0.25) is 4.18 Å². The van der Waals surface area contributed by atoms with Crippen molar-refractivity contribution in [1.29, 1.82) is 0 Å². The largest absolute Gasteiger partial charge is 0.750 e. The molecule has 0 heterocycles. The third-order valence-electron chi connectivity index (χ3n) is 1.24. The van der Waals surface area contributed by atoms with Crippen LogP contribution in [0.4, 0.5) is 4.39 Å². The van der Waals surface area contributed by atoms with E-state index >= 15 is 0 Å². The van der Waals surface area contributed by atoms with Crippen LogP contribution in [-0.4, -0.2) is 8.76 Å². The second kappa shape index (κ2) is 4.80. The Balaban J connectivity index is 2.71. The molecule has 0 bridgehead atoms. The van der Waals surface area contributed by atoms with Crippen molar-refractivity contribution in [3.8, 4) is 0 Å². The molecule has 1 unspecified atom stereocenters. The van der Waals surface area contributed by atoms with Crippen molar-refractivity contribution in [2.45, 2.75) is 6.61 Å². The predicted molar refractivity (Wildman–Crippen MR) is 47.8 cm³/mol. The van der Waals surface area contributed by atoms with Crippen LogP contribution < -0.4 is 0 Å². The Hall–Kier alpha value is -0.300. The van der Waals surface area contributed by atoms with E-state index in [1.54, 1.807) is 6.07 Å². The molecule has 0 radical (unpaired) electrons. The lowest BCUT2D eigenvalue weighted by Crippen LogP contribution is -1.96. The molecule has 1 aromatic carbocycles. The Bertz CT molecular complexity index is 311. The zero-order valence-electron chi connectivity index (χ0n) is 6.33. The normalized spacial score (nSPS) is 12.8. The molecule has 0 amide bonds. The first-order valence-electron chi connectivity index (χ1n) is 3.25. The van der Waals surface area contributed by atoms with Gasteiger partial charge in [0.2, 0.25) is 0 Å². The van der Waals surface area contributed by atoms with E-state index in [4.69, 9.17) is 0 Å². The van der Waals surface area contributed by atoms with E-state index in [0.29, 0.717) is 10.0 Å². The van der Waals surface area contributed by atoms with Gasteiger partial charge in [-0.15, -0.1) is 0 Å². The minimum absolute atomic E-state index is 0.160. The zero-order chi connectivity index (χ0) is 9.84. The van der Waals surface area contributed by atoms with E-state index < -0.39 is 17.2 Å². The lowest BCUT2D eigenvalue weighted by Gasteiger charge is -2.05. The van der Waals surface area contributed by atoms with Gasteiger partial charge in [0.1, 0.15) is 5.82 Å². The first-order valence-corrected chi connectivity index (χ1v) is 5.05. The molecule has 0 aliphatic heterocycles. The highest BCUT2D eigenvalue weighted by atomic mass is 79.9. The fraction of sp³-hybridized carbons (Fsp3) is 0.143. The van der Waals surface area contributed by atoms with Crippen molar-refractivity contribution in [3.63, 3.8) is 0 Å². The first kappa shape index (κ1) is 10.8. The summed E-state index contributed by atoms with van der Waals surface area (Å²) >= 11 is 0.503. The summed E-state index contributed by atoms with van der Waals surface area (Å²) in [6.45, 7) is -0.160. The second-order valence-corrected chi connectivity index (χ2v) is 3.80. The monoisotopic (exact) mass is 267 g/mol. The highest BCUT2D eigenvalue weighted by Gasteiger charge is 1.99. The molecular weight excluding hydrogens is 263 g/mol. The molecule has 1 rings (SSSR count). The van der Waals surface area contributed by atoms with Crippen LogP contribution in [0.1, 0.15) is 5.56 Å². The maximum Gasteiger partial charge on any atom is 0.124 e. The third-order valence-corrected chi connectivity index (χ3v) is 2.01. The summed E-state index contributed by atoms with van der Waals surface area (Å²) in [6.07, 6.45) is 0. The van der Waals surface area contributed by atoms with Crippen LogP contribution in [0.25, 0.3) is 0 Å². The number of rotatable bonds is 3. The van der Waals surface area contributed by atoms with Crippen LogP contribution in [-0.2, 0) is 22.2 Å². The fourth-order valence-electron chi connectivity index (χ4n) is 0.810. The molecule has 6 heteroatoms. The van der Waals surface area contributed by atoms with Crippen LogP contribution >= 0.6 is 15.9 Å². The summed E-state index contributed by atoms with van der Waals surface area (Å²) in [5.41, 5.74) is 0.455. The van der Waals surface area contributed by atoms with Gasteiger partial charge in [-0.05, 0) is 23.8 Å². The van der Waals surface area contributed by atoms with Crippen molar-refractivity contribution >= 4 is 27.3 Å². The van der Waals surface area contributed by atoms with Gasteiger partial charge in [0.25, 0.3) is 0 Å². The van der Waals surface area contributed by atoms with E-state index in [1.807, 2.05) is 0 Å². The average molecular weight is 268 g/mol. The molecule has 0 aliphatic carbocycles. The SMILES string of the molecule is O=S([O-])OCc1cc(F)cc(Br)c1. The van der Waals surface area contributed by atoms with Gasteiger partial charge in [-0.2, -0.15) is 0 Å². The highest BCUT2D eigenvalue weighted by Crippen LogP contribution is 2.15. The molecule has 0 aliphatic rings. The van der Waals surface area contributed by atoms with Crippen LogP contribution in [0.15, 0.2) is 22.7 Å². The summed E-state index contributed by atoms with van der Waals surface area (Å²) in [5.74, 6) is -0.440. The lowest BCUT2D eigenvalue weighted by molar-refractivity contribution is 0.290. The number of hydrogen-bond donors (Lipinski definition) is 0. The Morgan fingerprint density at radius 1 is 1.54 bits per heavy atom. The first-order chi connectivity index (χ1) is 6.08. The second-order valence-electron chi connectivity index (χ2n) is 2.24. The molecule has 3 nitrogen and oxygen atoms in total. The standard InChI is InChI=1S/C7H6BrFO3S/c8-6-1-5(2-7(9)3-6)4-12-13(10)11/h1-3H,4H2,(H,10,11)/p-1. The molecule has 0 spiro atoms. The molecule has 1 aromatic rings. The van der Waals surface area contributed by atoms with E-state index in [0.717, 1.165) is 0 Å².